The van der Waals surface area contributed by atoms with Crippen molar-refractivity contribution in [3.63, 3.8) is 0 Å². The van der Waals surface area contributed by atoms with E-state index >= 15 is 0 Å². The summed E-state index contributed by atoms with van der Waals surface area (Å²) < 4.78 is 5.11. The van der Waals surface area contributed by atoms with E-state index in [0.717, 1.165) is 11.1 Å². The molecule has 2 aromatic rings. The van der Waals surface area contributed by atoms with Gasteiger partial charge >= 0.3 is 5.97 Å². The molecule has 1 heterocycles. The number of nitrogens with zero attached hydrogens (tertiary/aromatic N) is 1. The predicted octanol–water partition coefficient (Wildman–Crippen LogP) is 2.41. The van der Waals surface area contributed by atoms with Crippen molar-refractivity contribution in [2.75, 3.05) is 0 Å². The zero-order valence-corrected chi connectivity index (χ0v) is 12.7. The maximum absolute atomic E-state index is 12.3. The first-order chi connectivity index (χ1) is 10.5. The number of carboxylic acids is 1. The van der Waals surface area contributed by atoms with Gasteiger partial charge in [0.2, 0.25) is 0 Å². The molecule has 1 aromatic heterocycles. The molecule has 6 nitrogen and oxygen atoms in total. The number of carbonyl (C=O) groups excluding carboxylic acids is 1. The number of nitrogens with one attached hydrogen (secondary N) is 1. The number of benzene rings is 1. The normalized spacial score (nSPS) is 12.0. The van der Waals surface area contributed by atoms with E-state index in [1.807, 2.05) is 26.8 Å². The highest BCUT2D eigenvalue weighted by Crippen LogP contribution is 2.21. The molecule has 0 aliphatic rings. The molecule has 0 radical (unpaired) electrons. The maximum atomic E-state index is 12.3. The molecule has 1 amide bonds. The third-order valence-electron chi connectivity index (χ3n) is 3.66. The summed E-state index contributed by atoms with van der Waals surface area (Å²) in [6.45, 7) is 5.56. The van der Waals surface area contributed by atoms with E-state index in [1.54, 1.807) is 12.1 Å². The molecule has 116 valence electrons. The number of rotatable bonds is 5. The van der Waals surface area contributed by atoms with Gasteiger partial charge in [-0.15, -0.1) is 0 Å². The first-order valence-electron chi connectivity index (χ1n) is 6.97. The summed E-state index contributed by atoms with van der Waals surface area (Å²) in [4.78, 5) is 27.7. The van der Waals surface area contributed by atoms with Gasteiger partial charge in [0.25, 0.3) is 5.91 Å². The van der Waals surface area contributed by atoms with Crippen molar-refractivity contribution >= 4 is 11.9 Å². The summed E-state index contributed by atoms with van der Waals surface area (Å²) in [6.07, 6.45) is 1.69. The monoisotopic (exact) mass is 302 g/mol. The quantitative estimate of drug-likeness (QED) is 0.884. The fourth-order valence-corrected chi connectivity index (χ4v) is 2.27. The van der Waals surface area contributed by atoms with Crippen LogP contribution in [0.5, 0.6) is 0 Å². The van der Waals surface area contributed by atoms with Crippen molar-refractivity contribution in [1.29, 1.82) is 0 Å². The zero-order valence-electron chi connectivity index (χ0n) is 12.7. The number of aliphatic carboxylic acids is 1. The summed E-state index contributed by atoms with van der Waals surface area (Å²) in [5.74, 6) is -1.25. The molecular weight excluding hydrogens is 284 g/mol. The predicted molar refractivity (Wildman–Crippen MR) is 79.6 cm³/mol. The first kappa shape index (κ1) is 15.8. The minimum Gasteiger partial charge on any atom is -0.479 e. The van der Waals surface area contributed by atoms with Gasteiger partial charge in [0.15, 0.2) is 18.1 Å². The number of carbonyl (C=O) groups is 2. The SMILES string of the molecule is CCc1ocnc1C(=O)NC(C(=O)O)c1cccc(C)c1C. The lowest BCUT2D eigenvalue weighted by Crippen LogP contribution is -2.35. The van der Waals surface area contributed by atoms with Crippen LogP contribution in [0, 0.1) is 13.8 Å². The molecule has 2 rings (SSSR count). The number of hydrogen-bond acceptors (Lipinski definition) is 4. The Morgan fingerprint density at radius 1 is 1.36 bits per heavy atom. The number of amides is 1. The summed E-state index contributed by atoms with van der Waals surface area (Å²) in [6, 6.07) is 4.23. The Morgan fingerprint density at radius 2 is 2.09 bits per heavy atom. The Morgan fingerprint density at radius 3 is 2.73 bits per heavy atom. The molecule has 1 unspecified atom stereocenters. The summed E-state index contributed by atoms with van der Waals surface area (Å²) in [5, 5.41) is 12.0. The molecular formula is C16H18N2O4. The molecule has 0 bridgehead atoms. The van der Waals surface area contributed by atoms with Gasteiger partial charge in [0, 0.05) is 6.42 Å². The second-order valence-electron chi connectivity index (χ2n) is 5.01. The lowest BCUT2D eigenvalue weighted by atomic mass is 9.97. The zero-order chi connectivity index (χ0) is 16.3. The highest BCUT2D eigenvalue weighted by atomic mass is 16.4. The average Bonchev–Trinajstić information content (AvgIpc) is 2.96. The smallest absolute Gasteiger partial charge is 0.330 e. The Kier molecular flexibility index (Phi) is 4.60. The van der Waals surface area contributed by atoms with Crippen LogP contribution >= 0.6 is 0 Å². The maximum Gasteiger partial charge on any atom is 0.330 e. The number of carboxylic acid groups (broad SMARTS) is 1. The van der Waals surface area contributed by atoms with Crippen molar-refractivity contribution in [2.24, 2.45) is 0 Å². The number of oxazole rings is 1. The highest BCUT2D eigenvalue weighted by Gasteiger charge is 2.26. The van der Waals surface area contributed by atoms with Gasteiger partial charge in [-0.05, 0) is 30.5 Å². The molecule has 0 saturated carbocycles. The van der Waals surface area contributed by atoms with Gasteiger partial charge in [-0.25, -0.2) is 9.78 Å². The molecule has 0 aliphatic carbocycles. The molecule has 22 heavy (non-hydrogen) atoms. The van der Waals surface area contributed by atoms with Crippen LogP contribution in [-0.4, -0.2) is 22.0 Å². The van der Waals surface area contributed by atoms with E-state index in [2.05, 4.69) is 10.3 Å². The molecule has 1 atom stereocenters. The van der Waals surface area contributed by atoms with Gasteiger partial charge in [-0.2, -0.15) is 0 Å². The molecule has 0 spiro atoms. The topological polar surface area (TPSA) is 92.4 Å². The second kappa shape index (κ2) is 6.43. The third kappa shape index (κ3) is 3.00. The molecule has 0 saturated heterocycles. The van der Waals surface area contributed by atoms with E-state index in [9.17, 15) is 14.7 Å². The molecule has 6 heteroatoms. The van der Waals surface area contributed by atoms with Crippen LogP contribution in [0.3, 0.4) is 0 Å². The number of hydrogen-bond donors (Lipinski definition) is 2. The van der Waals surface area contributed by atoms with E-state index in [4.69, 9.17) is 4.42 Å². The lowest BCUT2D eigenvalue weighted by Gasteiger charge is -2.17. The minimum atomic E-state index is -1.13. The van der Waals surface area contributed by atoms with E-state index in [1.165, 1.54) is 6.39 Å². The molecule has 2 N–H and O–H groups in total. The first-order valence-corrected chi connectivity index (χ1v) is 6.97. The summed E-state index contributed by atoms with van der Waals surface area (Å²) in [5.41, 5.74) is 2.49. The Hall–Kier alpha value is -2.63. The van der Waals surface area contributed by atoms with Crippen LogP contribution in [0.25, 0.3) is 0 Å². The highest BCUT2D eigenvalue weighted by molar-refractivity contribution is 5.96. The Bertz CT molecular complexity index is 706. The number of aromatic nitrogens is 1. The van der Waals surface area contributed by atoms with Crippen molar-refractivity contribution in [1.82, 2.24) is 10.3 Å². The van der Waals surface area contributed by atoms with Crippen molar-refractivity contribution < 1.29 is 19.1 Å². The molecule has 0 fully saturated rings. The largest absolute Gasteiger partial charge is 0.479 e. The number of aryl methyl sites for hydroxylation is 2. The van der Waals surface area contributed by atoms with Crippen LogP contribution in [0.2, 0.25) is 0 Å². The Balaban J connectivity index is 2.32. The van der Waals surface area contributed by atoms with Gasteiger partial charge in [0.1, 0.15) is 5.76 Å². The third-order valence-corrected chi connectivity index (χ3v) is 3.66. The average molecular weight is 302 g/mol. The molecule has 0 aliphatic heterocycles. The van der Waals surface area contributed by atoms with Gasteiger partial charge in [0.05, 0.1) is 0 Å². The minimum absolute atomic E-state index is 0.124. The van der Waals surface area contributed by atoms with Crippen LogP contribution in [-0.2, 0) is 11.2 Å². The van der Waals surface area contributed by atoms with Crippen LogP contribution in [0.1, 0.15) is 45.9 Å². The van der Waals surface area contributed by atoms with Crippen LogP contribution in [0.15, 0.2) is 29.0 Å². The van der Waals surface area contributed by atoms with Crippen LogP contribution < -0.4 is 5.32 Å². The van der Waals surface area contributed by atoms with Crippen molar-refractivity contribution in [3.05, 3.63) is 52.7 Å². The fourth-order valence-electron chi connectivity index (χ4n) is 2.27. The van der Waals surface area contributed by atoms with Gasteiger partial charge in [-0.3, -0.25) is 4.79 Å². The fraction of sp³-hybridized carbons (Fsp3) is 0.312. The second-order valence-corrected chi connectivity index (χ2v) is 5.01. The summed E-state index contributed by atoms with van der Waals surface area (Å²) in [7, 11) is 0. The standard InChI is InChI=1S/C16H18N2O4/c1-4-12-14(17-8-22-12)15(19)18-13(16(20)21)11-7-5-6-9(2)10(11)3/h5-8,13H,4H2,1-3H3,(H,18,19)(H,20,21). The summed E-state index contributed by atoms with van der Waals surface area (Å²) >= 11 is 0. The van der Waals surface area contributed by atoms with Gasteiger partial charge < -0.3 is 14.8 Å². The van der Waals surface area contributed by atoms with E-state index < -0.39 is 17.9 Å². The van der Waals surface area contributed by atoms with Crippen molar-refractivity contribution in [2.45, 2.75) is 33.2 Å². The van der Waals surface area contributed by atoms with Crippen LogP contribution in [0.4, 0.5) is 0 Å². The molecule has 1 aromatic carbocycles. The van der Waals surface area contributed by atoms with Crippen molar-refractivity contribution in [3.8, 4) is 0 Å². The van der Waals surface area contributed by atoms with E-state index in [-0.39, 0.29) is 5.69 Å². The van der Waals surface area contributed by atoms with Gasteiger partial charge in [-0.1, -0.05) is 25.1 Å². The lowest BCUT2D eigenvalue weighted by molar-refractivity contribution is -0.139. The van der Waals surface area contributed by atoms with E-state index in [0.29, 0.717) is 17.7 Å². The Labute approximate surface area is 128 Å².